The van der Waals surface area contributed by atoms with Crippen LogP contribution >= 0.6 is 0 Å². The van der Waals surface area contributed by atoms with E-state index in [4.69, 9.17) is 4.74 Å². The first-order valence-electron chi connectivity index (χ1n) is 9.45. The molecule has 3 aromatic rings. The number of aromatic nitrogens is 2. The Kier molecular flexibility index (Phi) is 6.39. The van der Waals surface area contributed by atoms with E-state index in [0.29, 0.717) is 31.3 Å². The smallest absolute Gasteiger partial charge is 0.328 e. The summed E-state index contributed by atoms with van der Waals surface area (Å²) in [6, 6.07) is 14.0. The van der Waals surface area contributed by atoms with Gasteiger partial charge in [-0.15, -0.1) is 0 Å². The molecule has 0 fully saturated rings. The number of benzene rings is 1. The molecule has 7 nitrogen and oxygen atoms in total. The van der Waals surface area contributed by atoms with Crippen molar-refractivity contribution in [2.45, 2.75) is 32.4 Å². The number of pyridine rings is 1. The van der Waals surface area contributed by atoms with Crippen molar-refractivity contribution in [1.29, 1.82) is 0 Å². The lowest BCUT2D eigenvalue weighted by molar-refractivity contribution is -0.142. The van der Waals surface area contributed by atoms with Gasteiger partial charge in [-0.1, -0.05) is 49.7 Å². The van der Waals surface area contributed by atoms with Crippen molar-refractivity contribution in [3.05, 3.63) is 76.2 Å². The minimum absolute atomic E-state index is 0.0883. The van der Waals surface area contributed by atoms with Crippen molar-refractivity contribution in [1.82, 2.24) is 9.38 Å². The molecule has 0 aliphatic rings. The highest BCUT2D eigenvalue weighted by molar-refractivity contribution is 5.86. The molecule has 2 heterocycles. The number of carbonyl (C=O) groups excluding carboxylic acids is 2. The quantitative estimate of drug-likeness (QED) is 0.432. The average Bonchev–Trinajstić information content (AvgIpc) is 2.76. The van der Waals surface area contributed by atoms with Gasteiger partial charge in [-0.05, 0) is 24.1 Å². The topological polar surface area (TPSA) is 81.0 Å². The summed E-state index contributed by atoms with van der Waals surface area (Å²) in [6.45, 7) is 2.26. The van der Waals surface area contributed by atoms with Gasteiger partial charge < -0.3 is 9.64 Å². The number of esters is 1. The fourth-order valence-electron chi connectivity index (χ4n) is 3.34. The molecule has 3 rings (SSSR count). The Hall–Kier alpha value is -3.48. The van der Waals surface area contributed by atoms with Gasteiger partial charge in [0.05, 0.1) is 7.11 Å². The Morgan fingerprint density at radius 3 is 2.59 bits per heavy atom. The van der Waals surface area contributed by atoms with Crippen LogP contribution in [-0.4, -0.2) is 34.8 Å². The van der Waals surface area contributed by atoms with Crippen LogP contribution in [0.15, 0.2) is 59.5 Å². The molecule has 0 N–H and O–H groups in total. The lowest BCUT2D eigenvalue weighted by atomic mass is 10.1. The molecule has 0 aliphatic carbocycles. The third-order valence-corrected chi connectivity index (χ3v) is 4.75. The minimum Gasteiger partial charge on any atom is -0.467 e. The Bertz CT molecular complexity index is 1060. The van der Waals surface area contributed by atoms with Crippen LogP contribution in [0.1, 0.15) is 35.7 Å². The number of aldehydes is 1. The fourth-order valence-corrected chi connectivity index (χ4v) is 3.34. The summed E-state index contributed by atoms with van der Waals surface area (Å²) in [5.41, 5.74) is 0.758. The Balaban J connectivity index is 2.23. The first-order valence-corrected chi connectivity index (χ1v) is 9.45. The molecular formula is C22H23N3O4. The molecule has 0 aliphatic heterocycles. The van der Waals surface area contributed by atoms with Gasteiger partial charge in [-0.3, -0.25) is 14.0 Å². The van der Waals surface area contributed by atoms with Crippen LogP contribution in [0.4, 0.5) is 5.82 Å². The molecule has 1 atom stereocenters. The molecular weight excluding hydrogens is 370 g/mol. The molecule has 150 valence electrons. The third-order valence-electron chi connectivity index (χ3n) is 4.75. The molecule has 0 bridgehead atoms. The number of hydrogen-bond donors (Lipinski definition) is 0. The van der Waals surface area contributed by atoms with Crippen molar-refractivity contribution in [2.24, 2.45) is 0 Å². The van der Waals surface area contributed by atoms with E-state index in [1.54, 1.807) is 29.3 Å². The van der Waals surface area contributed by atoms with E-state index >= 15 is 0 Å². The maximum Gasteiger partial charge on any atom is 0.328 e. The standard InChI is InChI=1S/C22H23N3O4/c1-3-9-18(22(28)29-2)25(14-16-10-5-4-6-11-16)20-17(15-26)21(27)24-13-8-7-12-19(24)23-20/h4-8,10-13,15,18H,3,9,14H2,1-2H3/t18-/m0/s1. The van der Waals surface area contributed by atoms with Gasteiger partial charge in [0.1, 0.15) is 23.1 Å². The maximum atomic E-state index is 12.9. The van der Waals surface area contributed by atoms with Gasteiger partial charge in [0.25, 0.3) is 5.56 Å². The summed E-state index contributed by atoms with van der Waals surface area (Å²) in [4.78, 5) is 43.6. The predicted octanol–water partition coefficient (Wildman–Crippen LogP) is 2.86. The van der Waals surface area contributed by atoms with E-state index in [-0.39, 0.29) is 11.4 Å². The van der Waals surface area contributed by atoms with Crippen LogP contribution < -0.4 is 10.5 Å². The first kappa shape index (κ1) is 20.3. The average molecular weight is 393 g/mol. The van der Waals surface area contributed by atoms with Gasteiger partial charge in [0, 0.05) is 12.7 Å². The van der Waals surface area contributed by atoms with Crippen molar-refractivity contribution in [2.75, 3.05) is 12.0 Å². The number of ether oxygens (including phenoxy) is 1. The second-order valence-electron chi connectivity index (χ2n) is 6.64. The second-order valence-corrected chi connectivity index (χ2v) is 6.64. The molecule has 1 aromatic carbocycles. The highest BCUT2D eigenvalue weighted by Crippen LogP contribution is 2.24. The van der Waals surface area contributed by atoms with Crippen LogP contribution in [0.2, 0.25) is 0 Å². The van der Waals surface area contributed by atoms with Crippen molar-refractivity contribution in [3.8, 4) is 0 Å². The molecule has 0 saturated heterocycles. The first-order chi connectivity index (χ1) is 14.1. The summed E-state index contributed by atoms with van der Waals surface area (Å²) < 4.78 is 6.34. The lowest BCUT2D eigenvalue weighted by Gasteiger charge is -2.31. The Morgan fingerprint density at radius 1 is 1.21 bits per heavy atom. The van der Waals surface area contributed by atoms with E-state index < -0.39 is 17.6 Å². The van der Waals surface area contributed by atoms with Crippen LogP contribution in [-0.2, 0) is 16.1 Å². The van der Waals surface area contributed by atoms with Gasteiger partial charge >= 0.3 is 5.97 Å². The number of nitrogens with zero attached hydrogens (tertiary/aromatic N) is 3. The van der Waals surface area contributed by atoms with Crippen LogP contribution in [0, 0.1) is 0 Å². The van der Waals surface area contributed by atoms with E-state index in [2.05, 4.69) is 4.98 Å². The highest BCUT2D eigenvalue weighted by atomic mass is 16.5. The zero-order chi connectivity index (χ0) is 20.8. The van der Waals surface area contributed by atoms with Crippen LogP contribution in [0.25, 0.3) is 5.65 Å². The number of rotatable bonds is 8. The summed E-state index contributed by atoms with van der Waals surface area (Å²) in [7, 11) is 1.33. The number of methoxy groups -OCH3 is 1. The maximum absolute atomic E-state index is 12.9. The van der Waals surface area contributed by atoms with Crippen LogP contribution in [0.5, 0.6) is 0 Å². The summed E-state index contributed by atoms with van der Waals surface area (Å²) in [5, 5.41) is 0. The molecule has 0 amide bonds. The Labute approximate surface area is 168 Å². The summed E-state index contributed by atoms with van der Waals surface area (Å²) in [5.74, 6) is -0.251. The minimum atomic E-state index is -0.679. The van der Waals surface area contributed by atoms with Gasteiger partial charge in [-0.2, -0.15) is 0 Å². The Morgan fingerprint density at radius 2 is 1.93 bits per heavy atom. The van der Waals surface area contributed by atoms with E-state index in [1.165, 1.54) is 11.5 Å². The molecule has 0 spiro atoms. The summed E-state index contributed by atoms with van der Waals surface area (Å²) in [6.07, 6.45) is 3.27. The second kappa shape index (κ2) is 9.14. The molecule has 29 heavy (non-hydrogen) atoms. The monoisotopic (exact) mass is 393 g/mol. The third kappa shape index (κ3) is 4.18. The number of fused-ring (bicyclic) bond motifs is 1. The molecule has 0 radical (unpaired) electrons. The molecule has 7 heteroatoms. The SMILES string of the molecule is CCC[C@@H](C(=O)OC)N(Cc1ccccc1)c1nc2ccccn2c(=O)c1C=O. The number of hydrogen-bond acceptors (Lipinski definition) is 6. The largest absolute Gasteiger partial charge is 0.467 e. The lowest BCUT2D eigenvalue weighted by Crippen LogP contribution is -2.43. The van der Waals surface area contributed by atoms with E-state index in [0.717, 1.165) is 5.56 Å². The normalized spacial score (nSPS) is 11.8. The summed E-state index contributed by atoms with van der Waals surface area (Å²) >= 11 is 0. The zero-order valence-corrected chi connectivity index (χ0v) is 16.4. The fraction of sp³-hybridized carbons (Fsp3) is 0.273. The highest BCUT2D eigenvalue weighted by Gasteiger charge is 2.30. The van der Waals surface area contributed by atoms with Crippen molar-refractivity contribution >= 4 is 23.7 Å². The van der Waals surface area contributed by atoms with E-state index in [9.17, 15) is 14.4 Å². The van der Waals surface area contributed by atoms with E-state index in [1.807, 2.05) is 37.3 Å². The number of carbonyl (C=O) groups is 2. The molecule has 0 unspecified atom stereocenters. The zero-order valence-electron chi connectivity index (χ0n) is 16.4. The van der Waals surface area contributed by atoms with Gasteiger partial charge in [-0.25, -0.2) is 9.78 Å². The van der Waals surface area contributed by atoms with Crippen molar-refractivity contribution < 1.29 is 14.3 Å². The molecule has 0 saturated carbocycles. The molecule has 2 aromatic heterocycles. The number of anilines is 1. The van der Waals surface area contributed by atoms with Crippen LogP contribution in [0.3, 0.4) is 0 Å². The predicted molar refractivity (Wildman–Crippen MR) is 110 cm³/mol. The van der Waals surface area contributed by atoms with Gasteiger partial charge in [0.15, 0.2) is 6.29 Å². The van der Waals surface area contributed by atoms with Gasteiger partial charge in [0.2, 0.25) is 0 Å². The van der Waals surface area contributed by atoms with Crippen molar-refractivity contribution in [3.63, 3.8) is 0 Å².